The fourth-order valence-electron chi connectivity index (χ4n) is 1.76. The molecular weight excluding hydrogens is 216 g/mol. The molecule has 1 aromatic rings. The molecule has 0 aromatic carbocycles. The normalized spacial score (nSPS) is 10.6. The lowest BCUT2D eigenvalue weighted by molar-refractivity contribution is -0.116. The Morgan fingerprint density at radius 1 is 1.35 bits per heavy atom. The molecule has 0 aliphatic heterocycles. The second-order valence-corrected chi connectivity index (χ2v) is 4.32. The number of hydrogen-bond donors (Lipinski definition) is 2. The average molecular weight is 238 g/mol. The molecule has 0 fully saturated rings. The number of nitrogens with zero attached hydrogens (tertiary/aromatic N) is 2. The van der Waals surface area contributed by atoms with Gasteiger partial charge in [-0.15, -0.1) is 0 Å². The van der Waals surface area contributed by atoms with E-state index in [-0.39, 0.29) is 5.91 Å². The summed E-state index contributed by atoms with van der Waals surface area (Å²) in [7, 11) is 1.87. The molecule has 0 aliphatic carbocycles. The van der Waals surface area contributed by atoms with Crippen molar-refractivity contribution < 1.29 is 4.79 Å². The van der Waals surface area contributed by atoms with Crippen molar-refractivity contribution in [3.8, 4) is 0 Å². The van der Waals surface area contributed by atoms with Crippen LogP contribution in [-0.2, 0) is 11.8 Å². The molecule has 5 nitrogen and oxygen atoms in total. The van der Waals surface area contributed by atoms with Gasteiger partial charge in [0.2, 0.25) is 5.91 Å². The van der Waals surface area contributed by atoms with Gasteiger partial charge in [-0.1, -0.05) is 6.42 Å². The summed E-state index contributed by atoms with van der Waals surface area (Å²) in [6, 6.07) is 0. The van der Waals surface area contributed by atoms with E-state index >= 15 is 0 Å². The zero-order chi connectivity index (χ0) is 12.8. The van der Waals surface area contributed by atoms with Crippen LogP contribution in [0.4, 0.5) is 5.69 Å². The van der Waals surface area contributed by atoms with Gasteiger partial charge in [0, 0.05) is 13.5 Å². The molecule has 0 atom stereocenters. The van der Waals surface area contributed by atoms with Crippen LogP contribution < -0.4 is 11.1 Å². The lowest BCUT2D eigenvalue weighted by Crippen LogP contribution is -2.12. The second kappa shape index (κ2) is 6.39. The van der Waals surface area contributed by atoms with Crippen LogP contribution in [0.1, 0.15) is 37.1 Å². The molecule has 0 unspecified atom stereocenters. The van der Waals surface area contributed by atoms with Crippen LogP contribution in [-0.4, -0.2) is 22.2 Å². The van der Waals surface area contributed by atoms with E-state index in [1.807, 2.05) is 20.9 Å². The first-order chi connectivity index (χ1) is 8.06. The van der Waals surface area contributed by atoms with Crippen molar-refractivity contribution in [1.29, 1.82) is 0 Å². The molecule has 0 radical (unpaired) electrons. The number of hydrogen-bond acceptors (Lipinski definition) is 3. The average Bonchev–Trinajstić information content (AvgIpc) is 2.52. The summed E-state index contributed by atoms with van der Waals surface area (Å²) >= 11 is 0. The van der Waals surface area contributed by atoms with Gasteiger partial charge >= 0.3 is 0 Å². The standard InChI is InChI=1S/C12H22N4O/c1-9-12(10(2)16(3)15-9)14-11(17)7-5-4-6-8-13/h4-8,13H2,1-3H3,(H,14,17). The van der Waals surface area contributed by atoms with E-state index in [0.29, 0.717) is 13.0 Å². The van der Waals surface area contributed by atoms with E-state index in [2.05, 4.69) is 10.4 Å². The van der Waals surface area contributed by atoms with E-state index < -0.39 is 0 Å². The highest BCUT2D eigenvalue weighted by atomic mass is 16.1. The largest absolute Gasteiger partial charge is 0.330 e. The number of carbonyl (C=O) groups is 1. The van der Waals surface area contributed by atoms with Gasteiger partial charge in [-0.05, 0) is 33.2 Å². The van der Waals surface area contributed by atoms with Gasteiger partial charge in [0.25, 0.3) is 0 Å². The van der Waals surface area contributed by atoms with Crippen LogP contribution in [0.5, 0.6) is 0 Å². The van der Waals surface area contributed by atoms with Crippen LogP contribution in [0.25, 0.3) is 0 Å². The van der Waals surface area contributed by atoms with E-state index in [9.17, 15) is 4.79 Å². The number of amides is 1. The molecule has 1 amide bonds. The Morgan fingerprint density at radius 3 is 2.59 bits per heavy atom. The van der Waals surface area contributed by atoms with Crippen molar-refractivity contribution in [3.63, 3.8) is 0 Å². The molecular formula is C12H22N4O. The highest BCUT2D eigenvalue weighted by Crippen LogP contribution is 2.18. The summed E-state index contributed by atoms with van der Waals surface area (Å²) in [6.45, 7) is 4.55. The van der Waals surface area contributed by atoms with Crippen LogP contribution in [0.15, 0.2) is 0 Å². The first kappa shape index (κ1) is 13.7. The SMILES string of the molecule is Cc1nn(C)c(C)c1NC(=O)CCCCCN. The minimum absolute atomic E-state index is 0.0567. The molecule has 1 rings (SSSR count). The van der Waals surface area contributed by atoms with Crippen LogP contribution in [0.3, 0.4) is 0 Å². The topological polar surface area (TPSA) is 72.9 Å². The van der Waals surface area contributed by atoms with E-state index in [4.69, 9.17) is 5.73 Å². The molecule has 17 heavy (non-hydrogen) atoms. The van der Waals surface area contributed by atoms with Gasteiger partial charge in [-0.25, -0.2) is 0 Å². The quantitative estimate of drug-likeness (QED) is 0.737. The monoisotopic (exact) mass is 238 g/mol. The number of carbonyl (C=O) groups excluding carboxylic acids is 1. The molecule has 0 aliphatic rings. The van der Waals surface area contributed by atoms with Gasteiger partial charge in [0.05, 0.1) is 17.1 Å². The third-order valence-electron chi connectivity index (χ3n) is 2.88. The summed E-state index contributed by atoms with van der Waals surface area (Å²) in [5, 5.41) is 7.18. The number of anilines is 1. The number of rotatable bonds is 6. The van der Waals surface area contributed by atoms with Crippen molar-refractivity contribution in [1.82, 2.24) is 9.78 Å². The minimum atomic E-state index is 0.0567. The first-order valence-corrected chi connectivity index (χ1v) is 6.06. The third kappa shape index (κ3) is 3.85. The fourth-order valence-corrected chi connectivity index (χ4v) is 1.76. The number of aryl methyl sites for hydroxylation is 2. The van der Waals surface area contributed by atoms with Crippen molar-refractivity contribution >= 4 is 11.6 Å². The Kier molecular flexibility index (Phi) is 5.15. The summed E-state index contributed by atoms with van der Waals surface area (Å²) in [5.41, 5.74) is 8.09. The number of nitrogens with one attached hydrogen (secondary N) is 1. The molecule has 0 saturated carbocycles. The molecule has 0 saturated heterocycles. The van der Waals surface area contributed by atoms with E-state index in [1.54, 1.807) is 4.68 Å². The summed E-state index contributed by atoms with van der Waals surface area (Å²) in [6.07, 6.45) is 3.43. The van der Waals surface area contributed by atoms with Gasteiger partial charge in [0.15, 0.2) is 0 Å². The lowest BCUT2D eigenvalue weighted by Gasteiger charge is -2.05. The van der Waals surface area contributed by atoms with Crippen LogP contribution in [0.2, 0.25) is 0 Å². The Labute approximate surface area is 102 Å². The zero-order valence-electron chi connectivity index (χ0n) is 10.9. The molecule has 96 valence electrons. The second-order valence-electron chi connectivity index (χ2n) is 4.32. The Hall–Kier alpha value is -1.36. The predicted molar refractivity (Wildman–Crippen MR) is 68.8 cm³/mol. The molecule has 1 aromatic heterocycles. The summed E-state index contributed by atoms with van der Waals surface area (Å²) in [5.74, 6) is 0.0567. The van der Waals surface area contributed by atoms with Gasteiger partial charge in [0.1, 0.15) is 0 Å². The number of aromatic nitrogens is 2. The predicted octanol–water partition coefficient (Wildman–Crippen LogP) is 1.49. The zero-order valence-corrected chi connectivity index (χ0v) is 10.9. The third-order valence-corrected chi connectivity index (χ3v) is 2.88. The molecule has 0 spiro atoms. The Balaban J connectivity index is 2.45. The van der Waals surface area contributed by atoms with Gasteiger partial charge < -0.3 is 11.1 Å². The molecule has 1 heterocycles. The van der Waals surface area contributed by atoms with Gasteiger partial charge in [-0.2, -0.15) is 5.10 Å². The smallest absolute Gasteiger partial charge is 0.224 e. The summed E-state index contributed by atoms with van der Waals surface area (Å²) in [4.78, 5) is 11.7. The van der Waals surface area contributed by atoms with Crippen molar-refractivity contribution in [2.75, 3.05) is 11.9 Å². The highest BCUT2D eigenvalue weighted by molar-refractivity contribution is 5.91. The Morgan fingerprint density at radius 2 is 2.06 bits per heavy atom. The number of nitrogens with two attached hydrogens (primary N) is 1. The van der Waals surface area contributed by atoms with Gasteiger partial charge in [-0.3, -0.25) is 9.48 Å². The molecule has 0 bridgehead atoms. The minimum Gasteiger partial charge on any atom is -0.330 e. The maximum Gasteiger partial charge on any atom is 0.224 e. The first-order valence-electron chi connectivity index (χ1n) is 6.06. The molecule has 3 N–H and O–H groups in total. The summed E-state index contributed by atoms with van der Waals surface area (Å²) < 4.78 is 1.78. The Bertz CT molecular complexity index is 384. The lowest BCUT2D eigenvalue weighted by atomic mass is 10.2. The maximum atomic E-state index is 11.7. The fraction of sp³-hybridized carbons (Fsp3) is 0.667. The number of unbranched alkanes of at least 4 members (excludes halogenated alkanes) is 2. The maximum absolute atomic E-state index is 11.7. The van der Waals surface area contributed by atoms with Crippen LogP contribution >= 0.6 is 0 Å². The van der Waals surface area contributed by atoms with Crippen molar-refractivity contribution in [3.05, 3.63) is 11.4 Å². The van der Waals surface area contributed by atoms with Crippen molar-refractivity contribution in [2.24, 2.45) is 12.8 Å². The molecule has 5 heteroatoms. The van der Waals surface area contributed by atoms with E-state index in [0.717, 1.165) is 36.3 Å². The van der Waals surface area contributed by atoms with Crippen LogP contribution in [0, 0.1) is 13.8 Å². The van der Waals surface area contributed by atoms with Crippen molar-refractivity contribution in [2.45, 2.75) is 39.5 Å². The van der Waals surface area contributed by atoms with E-state index in [1.165, 1.54) is 0 Å². The highest BCUT2D eigenvalue weighted by Gasteiger charge is 2.11.